The molecule has 10 nitrogen and oxygen atoms in total. The summed E-state index contributed by atoms with van der Waals surface area (Å²) in [5.41, 5.74) is 0.313. The van der Waals surface area contributed by atoms with Crippen molar-refractivity contribution >= 4 is 21.6 Å². The highest BCUT2D eigenvalue weighted by atomic mass is 31.3. The molecule has 0 radical (unpaired) electrons. The first kappa shape index (κ1) is 26.5. The molecule has 0 amide bonds. The quantitative estimate of drug-likeness (QED) is 0.228. The maximum atomic E-state index is 12.4. The van der Waals surface area contributed by atoms with Crippen molar-refractivity contribution in [2.24, 2.45) is 0 Å². The molecule has 0 saturated carbocycles. The predicted molar refractivity (Wildman–Crippen MR) is 108 cm³/mol. The number of hydrogen-bond acceptors (Lipinski definition) is 8. The first-order valence-corrected chi connectivity index (χ1v) is 12.4. The standard InChI is InChI=1S/C18H28O10P2/c1-4-10-16(27-18(19)15-11-8-7-9-12-15)17(24-6-3)14-26-30(22,23)28-29(20,21)25-13-5-2/h7-9,11-12H,4-6,10,13-14H2,1-3H3,(H,20,21)(H,22,23)/b17-16+. The summed E-state index contributed by atoms with van der Waals surface area (Å²) in [6, 6.07) is 8.27. The molecule has 1 aromatic carbocycles. The third kappa shape index (κ3) is 10.00. The fourth-order valence-electron chi connectivity index (χ4n) is 2.12. The van der Waals surface area contributed by atoms with Crippen LogP contribution in [0.2, 0.25) is 0 Å². The number of esters is 1. The zero-order valence-electron chi connectivity index (χ0n) is 17.2. The van der Waals surface area contributed by atoms with Gasteiger partial charge in [-0.2, -0.15) is 4.31 Å². The van der Waals surface area contributed by atoms with E-state index < -0.39 is 28.2 Å². The van der Waals surface area contributed by atoms with Crippen LogP contribution < -0.4 is 0 Å². The first-order valence-electron chi connectivity index (χ1n) is 9.42. The van der Waals surface area contributed by atoms with E-state index in [9.17, 15) is 23.7 Å². The van der Waals surface area contributed by atoms with Gasteiger partial charge in [0.05, 0.1) is 18.8 Å². The second kappa shape index (κ2) is 13.0. The highest BCUT2D eigenvalue weighted by molar-refractivity contribution is 7.61. The van der Waals surface area contributed by atoms with Crippen molar-refractivity contribution < 1.29 is 46.5 Å². The predicted octanol–water partition coefficient (Wildman–Crippen LogP) is 4.55. The van der Waals surface area contributed by atoms with Crippen molar-refractivity contribution in [3.63, 3.8) is 0 Å². The van der Waals surface area contributed by atoms with Gasteiger partial charge in [-0.05, 0) is 31.9 Å². The second-order valence-electron chi connectivity index (χ2n) is 5.91. The maximum Gasteiger partial charge on any atom is 0.481 e. The Kier molecular flexibility index (Phi) is 11.5. The summed E-state index contributed by atoms with van der Waals surface area (Å²) in [4.78, 5) is 31.6. The lowest BCUT2D eigenvalue weighted by molar-refractivity contribution is 0.0564. The molecule has 170 valence electrons. The van der Waals surface area contributed by atoms with E-state index in [-0.39, 0.29) is 31.2 Å². The van der Waals surface area contributed by atoms with Gasteiger partial charge >= 0.3 is 21.6 Å². The Hall–Kier alpha value is -1.51. The molecule has 0 aliphatic carbocycles. The summed E-state index contributed by atoms with van der Waals surface area (Å²) in [5.74, 6) is -0.529. The molecule has 0 aliphatic heterocycles. The third-order valence-corrected chi connectivity index (χ3v) is 5.97. The number of hydrogen-bond donors (Lipinski definition) is 2. The number of allylic oxidation sites excluding steroid dienone is 1. The summed E-state index contributed by atoms with van der Waals surface area (Å²) in [6.07, 6.45) is 1.26. The molecule has 30 heavy (non-hydrogen) atoms. The minimum atomic E-state index is -4.98. The van der Waals surface area contributed by atoms with E-state index in [1.54, 1.807) is 44.2 Å². The Bertz CT molecular complexity index is 793. The van der Waals surface area contributed by atoms with E-state index in [2.05, 4.69) is 8.83 Å². The number of carbonyl (C=O) groups is 1. The normalized spacial score (nSPS) is 16.2. The first-order chi connectivity index (χ1) is 14.1. The third-order valence-electron chi connectivity index (χ3n) is 3.36. The van der Waals surface area contributed by atoms with Crippen molar-refractivity contribution in [3.05, 3.63) is 47.4 Å². The summed E-state index contributed by atoms with van der Waals surface area (Å²) in [5, 5.41) is 0. The summed E-state index contributed by atoms with van der Waals surface area (Å²) >= 11 is 0. The topological polar surface area (TPSA) is 138 Å². The van der Waals surface area contributed by atoms with E-state index in [1.807, 2.05) is 6.92 Å². The van der Waals surface area contributed by atoms with Crippen LogP contribution in [0.1, 0.15) is 50.4 Å². The van der Waals surface area contributed by atoms with Gasteiger partial charge in [0.2, 0.25) is 0 Å². The van der Waals surface area contributed by atoms with Crippen LogP contribution in [0, 0.1) is 0 Å². The Balaban J connectivity index is 2.95. The molecule has 0 fully saturated rings. The molecule has 2 N–H and O–H groups in total. The van der Waals surface area contributed by atoms with Crippen LogP contribution in [0.4, 0.5) is 0 Å². The Morgan fingerprint density at radius 2 is 1.57 bits per heavy atom. The van der Waals surface area contributed by atoms with Crippen LogP contribution >= 0.6 is 15.6 Å². The Morgan fingerprint density at radius 3 is 2.13 bits per heavy atom. The molecule has 1 rings (SSSR count). The van der Waals surface area contributed by atoms with Crippen molar-refractivity contribution in [2.75, 3.05) is 19.8 Å². The molecule has 12 heteroatoms. The molecule has 0 spiro atoms. The zero-order chi connectivity index (χ0) is 22.6. The number of benzene rings is 1. The molecular weight excluding hydrogens is 438 g/mol. The van der Waals surface area contributed by atoms with Crippen LogP contribution in [0.15, 0.2) is 41.9 Å². The molecule has 2 unspecified atom stereocenters. The van der Waals surface area contributed by atoms with Gasteiger partial charge in [0.25, 0.3) is 0 Å². The fourth-order valence-corrected chi connectivity index (χ4v) is 4.23. The van der Waals surface area contributed by atoms with E-state index in [0.29, 0.717) is 18.4 Å². The molecule has 0 saturated heterocycles. The number of phosphoric ester groups is 2. The van der Waals surface area contributed by atoms with Crippen molar-refractivity contribution in [1.82, 2.24) is 0 Å². The smallest absolute Gasteiger partial charge is 0.481 e. The molecule has 2 atom stereocenters. The van der Waals surface area contributed by atoms with Crippen molar-refractivity contribution in [3.8, 4) is 0 Å². The summed E-state index contributed by atoms with van der Waals surface area (Å²) < 4.78 is 48.1. The number of phosphoric acid groups is 2. The van der Waals surface area contributed by atoms with Gasteiger partial charge in [0.15, 0.2) is 5.76 Å². The van der Waals surface area contributed by atoms with Gasteiger partial charge in [-0.1, -0.05) is 32.0 Å². The highest BCUT2D eigenvalue weighted by Crippen LogP contribution is 2.60. The van der Waals surface area contributed by atoms with E-state index in [0.717, 1.165) is 0 Å². The average Bonchev–Trinajstić information content (AvgIpc) is 2.69. The van der Waals surface area contributed by atoms with Gasteiger partial charge in [0.1, 0.15) is 12.4 Å². The molecule has 1 aromatic rings. The van der Waals surface area contributed by atoms with E-state index in [4.69, 9.17) is 14.0 Å². The highest BCUT2D eigenvalue weighted by Gasteiger charge is 2.35. The average molecular weight is 466 g/mol. The number of ether oxygens (including phenoxy) is 2. The minimum Gasteiger partial charge on any atom is -0.492 e. The number of rotatable bonds is 14. The zero-order valence-corrected chi connectivity index (χ0v) is 19.0. The lowest BCUT2D eigenvalue weighted by Gasteiger charge is -2.18. The van der Waals surface area contributed by atoms with E-state index >= 15 is 0 Å². The van der Waals surface area contributed by atoms with Crippen molar-refractivity contribution in [1.29, 1.82) is 0 Å². The second-order valence-corrected chi connectivity index (χ2v) is 8.95. The molecule has 0 aliphatic rings. The van der Waals surface area contributed by atoms with Gasteiger partial charge in [0, 0.05) is 6.42 Å². The number of carbonyl (C=O) groups excluding carboxylic acids is 1. The van der Waals surface area contributed by atoms with Crippen LogP contribution in [0.3, 0.4) is 0 Å². The van der Waals surface area contributed by atoms with Gasteiger partial charge in [-0.15, -0.1) is 0 Å². The lowest BCUT2D eigenvalue weighted by Crippen LogP contribution is -2.12. The molecular formula is C18H28O10P2. The maximum absolute atomic E-state index is 12.4. The minimum absolute atomic E-state index is 0.0104. The van der Waals surface area contributed by atoms with Crippen LogP contribution in [0.5, 0.6) is 0 Å². The van der Waals surface area contributed by atoms with Gasteiger partial charge < -0.3 is 19.3 Å². The monoisotopic (exact) mass is 466 g/mol. The Labute approximate surface area is 176 Å². The van der Waals surface area contributed by atoms with E-state index in [1.165, 1.54) is 0 Å². The van der Waals surface area contributed by atoms with Crippen molar-refractivity contribution in [2.45, 2.75) is 40.0 Å². The molecule has 0 aromatic heterocycles. The Morgan fingerprint density at radius 1 is 0.933 bits per heavy atom. The lowest BCUT2D eigenvalue weighted by atomic mass is 10.2. The largest absolute Gasteiger partial charge is 0.492 e. The summed E-state index contributed by atoms with van der Waals surface area (Å²) in [7, 11) is -9.76. The summed E-state index contributed by atoms with van der Waals surface area (Å²) in [6.45, 7) is 4.57. The SMILES string of the molecule is CCCOP(=O)(O)OP(=O)(O)OC/C(OCC)=C(/CCC)OC(=O)c1ccccc1. The van der Waals surface area contributed by atoms with Crippen LogP contribution in [0.25, 0.3) is 0 Å². The molecule has 0 heterocycles. The van der Waals surface area contributed by atoms with Crippen LogP contribution in [-0.2, 0) is 32.0 Å². The fraction of sp³-hybridized carbons (Fsp3) is 0.500. The van der Waals surface area contributed by atoms with Gasteiger partial charge in [-0.3, -0.25) is 9.05 Å². The van der Waals surface area contributed by atoms with Crippen LogP contribution in [-0.4, -0.2) is 35.6 Å². The molecule has 0 bridgehead atoms. The van der Waals surface area contributed by atoms with Gasteiger partial charge in [-0.25, -0.2) is 13.9 Å².